The van der Waals surface area contributed by atoms with Crippen molar-refractivity contribution in [1.82, 2.24) is 9.29 Å². The Balaban J connectivity index is 1.87. The van der Waals surface area contributed by atoms with Crippen LogP contribution in [0.2, 0.25) is 0 Å². The minimum atomic E-state index is -1.03. The maximum absolute atomic E-state index is 12.5. The number of benzene rings is 1. The van der Waals surface area contributed by atoms with Crippen molar-refractivity contribution in [3.63, 3.8) is 0 Å². The first-order chi connectivity index (χ1) is 14.1. The highest BCUT2D eigenvalue weighted by molar-refractivity contribution is 7.88. The van der Waals surface area contributed by atoms with Gasteiger partial charge < -0.3 is 19.0 Å². The van der Waals surface area contributed by atoms with E-state index in [1.54, 1.807) is 26.7 Å². The number of nitrogens with zero attached hydrogens (tertiary/aromatic N) is 1. The number of hydrogen-bond donors (Lipinski definition) is 1. The molecule has 1 saturated heterocycles. The summed E-state index contributed by atoms with van der Waals surface area (Å²) in [5.74, 6) is 0.684. The van der Waals surface area contributed by atoms with Crippen LogP contribution in [-0.2, 0) is 27.3 Å². The zero-order chi connectivity index (χ0) is 20.8. The fourth-order valence-corrected chi connectivity index (χ4v) is 5.03. The minimum Gasteiger partial charge on any atom is -0.598 e. The highest BCUT2D eigenvalue weighted by Crippen LogP contribution is 2.34. The smallest absolute Gasteiger partial charge is 0.153 e. The molecule has 2 aromatic rings. The van der Waals surface area contributed by atoms with E-state index in [9.17, 15) is 4.55 Å². The summed E-state index contributed by atoms with van der Waals surface area (Å²) in [6.45, 7) is 2.81. The van der Waals surface area contributed by atoms with Gasteiger partial charge in [0.1, 0.15) is 12.5 Å². The van der Waals surface area contributed by atoms with Gasteiger partial charge in [0.25, 0.3) is 0 Å². The number of rotatable bonds is 7. The highest BCUT2D eigenvalue weighted by Gasteiger charge is 2.35. The fraction of sp³-hybridized carbons (Fsp3) is 0.391. The van der Waals surface area contributed by atoms with Gasteiger partial charge in [-0.2, -0.15) is 0 Å². The molecule has 0 radical (unpaired) electrons. The van der Waals surface area contributed by atoms with Crippen LogP contribution in [0.25, 0.3) is 10.9 Å². The summed E-state index contributed by atoms with van der Waals surface area (Å²) >= 11 is -1.03. The number of aromatic amines is 1. The number of piperidine rings is 1. The van der Waals surface area contributed by atoms with Crippen LogP contribution in [0.5, 0.6) is 0 Å². The Labute approximate surface area is 176 Å². The third-order valence-corrected chi connectivity index (χ3v) is 6.57. The van der Waals surface area contributed by atoms with Crippen molar-refractivity contribution in [2.75, 3.05) is 27.0 Å². The summed E-state index contributed by atoms with van der Waals surface area (Å²) in [5, 5.41) is 1.26. The monoisotopic (exact) mass is 414 g/mol. The van der Waals surface area contributed by atoms with Crippen LogP contribution >= 0.6 is 0 Å². The molecule has 1 aliphatic heterocycles. The van der Waals surface area contributed by atoms with E-state index in [1.807, 2.05) is 12.1 Å². The van der Waals surface area contributed by atoms with E-state index in [0.29, 0.717) is 5.76 Å². The lowest BCUT2D eigenvalue weighted by Crippen LogP contribution is -2.45. The van der Waals surface area contributed by atoms with Gasteiger partial charge in [0.05, 0.1) is 20.3 Å². The third kappa shape index (κ3) is 4.89. The van der Waals surface area contributed by atoms with Gasteiger partial charge in [0.2, 0.25) is 0 Å². The number of para-hydroxylation sites is 1. The molecule has 2 atom stereocenters. The SMILES string of the molecule is C\C=C1/C(=C\C(=C\OC)OC)CCN([S+](C)[O-])[C@H]1CCc1c[nH]c2ccccc12. The summed E-state index contributed by atoms with van der Waals surface area (Å²) in [6.07, 6.45) is 12.3. The summed E-state index contributed by atoms with van der Waals surface area (Å²) in [4.78, 5) is 3.35. The minimum absolute atomic E-state index is 0.0974. The molecule has 0 aliphatic carbocycles. The molecule has 1 aromatic carbocycles. The molecule has 1 fully saturated rings. The van der Waals surface area contributed by atoms with Crippen molar-refractivity contribution >= 4 is 22.3 Å². The summed E-state index contributed by atoms with van der Waals surface area (Å²) in [6, 6.07) is 8.46. The van der Waals surface area contributed by atoms with E-state index >= 15 is 0 Å². The first kappa shape index (κ1) is 21.6. The predicted molar refractivity (Wildman–Crippen MR) is 120 cm³/mol. The molecule has 3 rings (SSSR count). The standard InChI is InChI=1S/C23H30N2O3S/c1-5-20-17(14-19(28-3)16-27-2)12-13-25(29(4)26)23(20)11-10-18-15-24-22-9-7-6-8-21(18)22/h5-9,14-16,23-24H,10-13H2,1-4H3/b17-14-,19-16-,20-5+/t23-,29?/m0/s1. The molecule has 0 amide bonds. The number of allylic oxidation sites excluding steroid dienone is 2. The maximum Gasteiger partial charge on any atom is 0.153 e. The molecule has 29 heavy (non-hydrogen) atoms. The van der Waals surface area contributed by atoms with Crippen molar-refractivity contribution in [1.29, 1.82) is 0 Å². The average molecular weight is 415 g/mol. The van der Waals surface area contributed by atoms with Crippen LogP contribution in [0, 0.1) is 0 Å². The van der Waals surface area contributed by atoms with Crippen molar-refractivity contribution in [3.8, 4) is 0 Å². The molecule has 0 spiro atoms. The molecule has 6 heteroatoms. The van der Waals surface area contributed by atoms with Crippen molar-refractivity contribution in [2.45, 2.75) is 32.2 Å². The molecule has 1 aromatic heterocycles. The van der Waals surface area contributed by atoms with Crippen LogP contribution in [-0.4, -0.2) is 46.9 Å². The second kappa shape index (κ2) is 10.1. The number of fused-ring (bicyclic) bond motifs is 1. The average Bonchev–Trinajstić information content (AvgIpc) is 3.14. The number of aromatic nitrogens is 1. The van der Waals surface area contributed by atoms with Gasteiger partial charge in [-0.3, -0.25) is 0 Å². The number of ether oxygens (including phenoxy) is 2. The predicted octanol–water partition coefficient (Wildman–Crippen LogP) is 4.48. The van der Waals surface area contributed by atoms with Crippen molar-refractivity contribution in [2.24, 2.45) is 0 Å². The fourth-order valence-electron chi connectivity index (χ4n) is 4.10. The quantitative estimate of drug-likeness (QED) is 0.536. The number of H-pyrrole nitrogens is 1. The largest absolute Gasteiger partial charge is 0.598 e. The zero-order valence-electron chi connectivity index (χ0n) is 17.6. The topological polar surface area (TPSA) is 60.6 Å². The molecule has 156 valence electrons. The number of aryl methyl sites for hydroxylation is 1. The zero-order valence-corrected chi connectivity index (χ0v) is 18.4. The van der Waals surface area contributed by atoms with Gasteiger partial charge >= 0.3 is 0 Å². The van der Waals surface area contributed by atoms with E-state index in [1.165, 1.54) is 22.1 Å². The van der Waals surface area contributed by atoms with Crippen LogP contribution in [0.4, 0.5) is 0 Å². The Morgan fingerprint density at radius 2 is 2.14 bits per heavy atom. The van der Waals surface area contributed by atoms with Gasteiger partial charge in [-0.05, 0) is 55.0 Å². The highest BCUT2D eigenvalue weighted by atomic mass is 32.2. The Morgan fingerprint density at radius 3 is 2.83 bits per heavy atom. The third-order valence-electron chi connectivity index (χ3n) is 5.47. The lowest BCUT2D eigenvalue weighted by atomic mass is 9.87. The van der Waals surface area contributed by atoms with Crippen LogP contribution in [0.1, 0.15) is 25.3 Å². The van der Waals surface area contributed by atoms with Gasteiger partial charge in [-0.15, -0.1) is 4.31 Å². The Hall–Kier alpha value is -2.15. The molecule has 0 bridgehead atoms. The number of methoxy groups -OCH3 is 2. The van der Waals surface area contributed by atoms with E-state index in [4.69, 9.17) is 9.47 Å². The molecule has 5 nitrogen and oxygen atoms in total. The maximum atomic E-state index is 12.5. The van der Waals surface area contributed by atoms with Crippen molar-refractivity contribution in [3.05, 3.63) is 71.3 Å². The number of nitrogens with one attached hydrogen (secondary N) is 1. The lowest BCUT2D eigenvalue weighted by Gasteiger charge is -2.37. The van der Waals surface area contributed by atoms with Gasteiger partial charge in [0.15, 0.2) is 5.76 Å². The van der Waals surface area contributed by atoms with E-state index < -0.39 is 11.4 Å². The first-order valence-corrected chi connectivity index (χ1v) is 11.4. The van der Waals surface area contributed by atoms with Gasteiger partial charge in [-0.1, -0.05) is 24.3 Å². The molecule has 1 aliphatic rings. The summed E-state index contributed by atoms with van der Waals surface area (Å²) in [5.41, 5.74) is 4.88. The van der Waals surface area contributed by atoms with Crippen molar-refractivity contribution < 1.29 is 14.0 Å². The molecule has 0 saturated carbocycles. The molecule has 2 heterocycles. The van der Waals surface area contributed by atoms with Gasteiger partial charge in [-0.25, -0.2) is 0 Å². The number of hydrogen-bond acceptors (Lipinski definition) is 4. The van der Waals surface area contributed by atoms with Crippen LogP contribution in [0.15, 0.2) is 65.8 Å². The molecular formula is C23H30N2O3S. The Bertz CT molecular complexity index is 914. The van der Waals surface area contributed by atoms with Crippen LogP contribution < -0.4 is 0 Å². The Morgan fingerprint density at radius 1 is 1.34 bits per heavy atom. The molecule has 1 N–H and O–H groups in total. The van der Waals surface area contributed by atoms with Crippen LogP contribution in [0.3, 0.4) is 0 Å². The normalized spacial score (nSPS) is 22.4. The second-order valence-electron chi connectivity index (χ2n) is 7.10. The summed E-state index contributed by atoms with van der Waals surface area (Å²) < 4.78 is 25.1. The summed E-state index contributed by atoms with van der Waals surface area (Å²) in [7, 11) is 3.25. The lowest BCUT2D eigenvalue weighted by molar-refractivity contribution is 0.260. The van der Waals surface area contributed by atoms with E-state index in [2.05, 4.69) is 46.7 Å². The van der Waals surface area contributed by atoms with E-state index in [0.717, 1.165) is 31.3 Å². The second-order valence-corrected chi connectivity index (χ2v) is 8.42. The van der Waals surface area contributed by atoms with Gasteiger partial charge in [0, 0.05) is 35.0 Å². The molecule has 1 unspecified atom stereocenters. The molecular weight excluding hydrogens is 384 g/mol. The van der Waals surface area contributed by atoms with E-state index in [-0.39, 0.29) is 6.04 Å². The first-order valence-electron chi connectivity index (χ1n) is 9.88. The Kier molecular flexibility index (Phi) is 7.47.